The molecule has 1 aliphatic rings. The van der Waals surface area contributed by atoms with E-state index in [9.17, 15) is 4.39 Å². The molecule has 0 unspecified atom stereocenters. The van der Waals surface area contributed by atoms with Gasteiger partial charge in [0.1, 0.15) is 5.82 Å². The molecule has 3 heteroatoms. The van der Waals surface area contributed by atoms with Crippen LogP contribution in [0, 0.1) is 12.7 Å². The number of hydrogen-bond donors (Lipinski definition) is 1. The number of aryl methyl sites for hydroxylation is 2. The van der Waals surface area contributed by atoms with Crippen molar-refractivity contribution in [3.05, 3.63) is 34.8 Å². The largest absolute Gasteiger partial charge is 0.387 e. The minimum atomic E-state index is -0.203. The van der Waals surface area contributed by atoms with Gasteiger partial charge in [-0.1, -0.05) is 0 Å². The lowest BCUT2D eigenvalue weighted by Gasteiger charge is -2.21. The second-order valence-corrected chi connectivity index (χ2v) is 4.99. The molecule has 0 atom stereocenters. The van der Waals surface area contributed by atoms with Gasteiger partial charge in [-0.3, -0.25) is 4.98 Å². The SMILES string of the molecule is CNc1c2c(nc3cc(F)cc(C)c13)CCCC2. The maximum Gasteiger partial charge on any atom is 0.125 e. The minimum absolute atomic E-state index is 0.203. The normalized spacial score (nSPS) is 14.6. The van der Waals surface area contributed by atoms with Crippen LogP contribution < -0.4 is 5.32 Å². The Morgan fingerprint density at radius 1 is 1.22 bits per heavy atom. The van der Waals surface area contributed by atoms with Gasteiger partial charge >= 0.3 is 0 Å². The maximum atomic E-state index is 13.5. The van der Waals surface area contributed by atoms with Crippen LogP contribution in [0.2, 0.25) is 0 Å². The number of nitrogens with zero attached hydrogens (tertiary/aromatic N) is 1. The Bertz CT molecular complexity index is 620. The third-order valence-electron chi connectivity index (χ3n) is 3.78. The van der Waals surface area contributed by atoms with Crippen LogP contribution in [0.4, 0.5) is 10.1 Å². The Morgan fingerprint density at radius 2 is 2.00 bits per heavy atom. The molecule has 18 heavy (non-hydrogen) atoms. The number of anilines is 1. The topological polar surface area (TPSA) is 24.9 Å². The molecule has 0 fully saturated rings. The van der Waals surface area contributed by atoms with E-state index in [4.69, 9.17) is 0 Å². The van der Waals surface area contributed by atoms with Crippen molar-refractivity contribution in [1.29, 1.82) is 0 Å². The molecule has 1 aliphatic carbocycles. The molecule has 2 nitrogen and oxygen atoms in total. The van der Waals surface area contributed by atoms with E-state index in [1.54, 1.807) is 6.07 Å². The lowest BCUT2D eigenvalue weighted by molar-refractivity contribution is 0.627. The Kier molecular flexibility index (Phi) is 2.69. The van der Waals surface area contributed by atoms with E-state index in [2.05, 4.69) is 10.3 Å². The zero-order valence-electron chi connectivity index (χ0n) is 10.8. The average molecular weight is 244 g/mol. The number of benzene rings is 1. The van der Waals surface area contributed by atoms with E-state index in [1.807, 2.05) is 14.0 Å². The van der Waals surface area contributed by atoms with Crippen molar-refractivity contribution in [3.63, 3.8) is 0 Å². The Labute approximate surface area is 106 Å². The van der Waals surface area contributed by atoms with Crippen LogP contribution in [0.5, 0.6) is 0 Å². The summed E-state index contributed by atoms with van der Waals surface area (Å²) in [6, 6.07) is 3.12. The van der Waals surface area contributed by atoms with Gasteiger partial charge in [0.2, 0.25) is 0 Å². The van der Waals surface area contributed by atoms with Crippen LogP contribution in [0.25, 0.3) is 10.9 Å². The molecule has 0 spiro atoms. The zero-order valence-corrected chi connectivity index (χ0v) is 10.8. The lowest BCUT2D eigenvalue weighted by Crippen LogP contribution is -2.10. The molecule has 3 rings (SSSR count). The first-order valence-corrected chi connectivity index (χ1v) is 6.50. The summed E-state index contributed by atoms with van der Waals surface area (Å²) in [5.74, 6) is -0.203. The van der Waals surface area contributed by atoms with Gasteiger partial charge in [-0.15, -0.1) is 0 Å². The number of hydrogen-bond acceptors (Lipinski definition) is 2. The first-order valence-electron chi connectivity index (χ1n) is 6.50. The van der Waals surface area contributed by atoms with Gasteiger partial charge in [0.25, 0.3) is 0 Å². The predicted molar refractivity (Wildman–Crippen MR) is 72.6 cm³/mol. The molecule has 0 bridgehead atoms. The average Bonchev–Trinajstić information content (AvgIpc) is 2.35. The van der Waals surface area contributed by atoms with E-state index >= 15 is 0 Å². The fourth-order valence-corrected chi connectivity index (χ4v) is 2.99. The molecule has 1 aromatic carbocycles. The second kappa shape index (κ2) is 4.23. The number of rotatable bonds is 1. The van der Waals surface area contributed by atoms with Crippen LogP contribution in [0.3, 0.4) is 0 Å². The highest BCUT2D eigenvalue weighted by Gasteiger charge is 2.18. The van der Waals surface area contributed by atoms with Gasteiger partial charge in [0.15, 0.2) is 0 Å². The quantitative estimate of drug-likeness (QED) is 0.829. The summed E-state index contributed by atoms with van der Waals surface area (Å²) in [5.41, 5.74) is 5.34. The number of fused-ring (bicyclic) bond motifs is 2. The summed E-state index contributed by atoms with van der Waals surface area (Å²) >= 11 is 0. The summed E-state index contributed by atoms with van der Waals surface area (Å²) in [6.45, 7) is 1.95. The van der Waals surface area contributed by atoms with Gasteiger partial charge in [-0.25, -0.2) is 4.39 Å². The van der Waals surface area contributed by atoms with Crippen LogP contribution in [0.15, 0.2) is 12.1 Å². The van der Waals surface area contributed by atoms with Gasteiger partial charge in [0.05, 0.1) is 5.52 Å². The molecular formula is C15H17FN2. The van der Waals surface area contributed by atoms with Crippen molar-refractivity contribution in [2.45, 2.75) is 32.6 Å². The standard InChI is InChI=1S/C15H17FN2/c1-9-7-10(16)8-13-14(9)15(17-2)11-5-3-4-6-12(11)18-13/h7-8H,3-6H2,1-2H3,(H,17,18). The maximum absolute atomic E-state index is 13.5. The molecule has 1 N–H and O–H groups in total. The first-order chi connectivity index (χ1) is 8.70. The van der Waals surface area contributed by atoms with Crippen LogP contribution in [-0.2, 0) is 12.8 Å². The molecule has 0 amide bonds. The summed E-state index contributed by atoms with van der Waals surface area (Å²) in [6.07, 6.45) is 4.48. The summed E-state index contributed by atoms with van der Waals surface area (Å²) < 4.78 is 13.5. The molecule has 0 aliphatic heterocycles. The number of pyridine rings is 1. The molecule has 94 valence electrons. The smallest absolute Gasteiger partial charge is 0.125 e. The molecule has 2 aromatic rings. The highest BCUT2D eigenvalue weighted by Crippen LogP contribution is 2.35. The van der Waals surface area contributed by atoms with Crippen molar-refractivity contribution >= 4 is 16.6 Å². The fourth-order valence-electron chi connectivity index (χ4n) is 2.99. The van der Waals surface area contributed by atoms with Gasteiger partial charge in [0, 0.05) is 29.9 Å². The molecule has 1 aromatic heterocycles. The van der Waals surface area contributed by atoms with Gasteiger partial charge in [-0.05, 0) is 49.8 Å². The Hall–Kier alpha value is -1.64. The molecule has 0 saturated carbocycles. The monoisotopic (exact) mass is 244 g/mol. The molecule has 0 radical (unpaired) electrons. The fraction of sp³-hybridized carbons (Fsp3) is 0.400. The summed E-state index contributed by atoms with van der Waals surface area (Å²) in [7, 11) is 1.94. The number of halogens is 1. The third kappa shape index (κ3) is 1.65. The minimum Gasteiger partial charge on any atom is -0.387 e. The third-order valence-corrected chi connectivity index (χ3v) is 3.78. The Balaban J connectivity index is 2.40. The summed E-state index contributed by atoms with van der Waals surface area (Å²) in [4.78, 5) is 4.67. The van der Waals surface area contributed by atoms with Crippen LogP contribution in [0.1, 0.15) is 29.7 Å². The highest BCUT2D eigenvalue weighted by molar-refractivity contribution is 5.96. The van der Waals surface area contributed by atoms with Crippen LogP contribution >= 0.6 is 0 Å². The first kappa shape index (κ1) is 11.5. The van der Waals surface area contributed by atoms with E-state index in [0.717, 1.165) is 40.7 Å². The van der Waals surface area contributed by atoms with Crippen molar-refractivity contribution in [2.24, 2.45) is 0 Å². The Morgan fingerprint density at radius 3 is 2.78 bits per heavy atom. The van der Waals surface area contributed by atoms with Crippen molar-refractivity contribution in [2.75, 3.05) is 12.4 Å². The highest BCUT2D eigenvalue weighted by atomic mass is 19.1. The van der Waals surface area contributed by atoms with E-state index in [-0.39, 0.29) is 5.82 Å². The summed E-state index contributed by atoms with van der Waals surface area (Å²) in [5, 5.41) is 4.36. The van der Waals surface area contributed by atoms with Gasteiger partial charge < -0.3 is 5.32 Å². The lowest BCUT2D eigenvalue weighted by atomic mass is 9.91. The second-order valence-electron chi connectivity index (χ2n) is 4.99. The molecular weight excluding hydrogens is 227 g/mol. The number of aromatic nitrogens is 1. The predicted octanol–water partition coefficient (Wildman–Crippen LogP) is 3.60. The van der Waals surface area contributed by atoms with Crippen molar-refractivity contribution < 1.29 is 4.39 Å². The van der Waals surface area contributed by atoms with E-state index in [0.29, 0.717) is 0 Å². The van der Waals surface area contributed by atoms with Crippen molar-refractivity contribution in [3.8, 4) is 0 Å². The molecule has 1 heterocycles. The van der Waals surface area contributed by atoms with E-state index in [1.165, 1.54) is 24.5 Å². The zero-order chi connectivity index (χ0) is 12.7. The van der Waals surface area contributed by atoms with Crippen LogP contribution in [-0.4, -0.2) is 12.0 Å². The van der Waals surface area contributed by atoms with E-state index < -0.39 is 0 Å². The number of nitrogens with one attached hydrogen (secondary N) is 1. The van der Waals surface area contributed by atoms with Gasteiger partial charge in [-0.2, -0.15) is 0 Å². The van der Waals surface area contributed by atoms with Crippen molar-refractivity contribution in [1.82, 2.24) is 4.98 Å². The molecule has 0 saturated heterocycles.